The van der Waals surface area contributed by atoms with Gasteiger partial charge in [-0.15, -0.1) is 0 Å². The Morgan fingerprint density at radius 3 is 2.74 bits per heavy atom. The molecule has 6 nitrogen and oxygen atoms in total. The van der Waals surface area contributed by atoms with Crippen molar-refractivity contribution in [2.24, 2.45) is 5.84 Å². The smallest absolute Gasteiger partial charge is 0.148 e. The van der Waals surface area contributed by atoms with Crippen LogP contribution in [0.4, 0.5) is 11.6 Å². The lowest BCUT2D eigenvalue weighted by atomic mass is 10.0. The van der Waals surface area contributed by atoms with Crippen LogP contribution in [0.2, 0.25) is 0 Å². The van der Waals surface area contributed by atoms with Crippen molar-refractivity contribution in [1.82, 2.24) is 9.97 Å². The van der Waals surface area contributed by atoms with E-state index >= 15 is 0 Å². The molecular weight excluding hydrogens is 242 g/mol. The fourth-order valence-electron chi connectivity index (χ4n) is 2.48. The third-order valence-corrected chi connectivity index (χ3v) is 3.30. The van der Waals surface area contributed by atoms with Crippen molar-refractivity contribution in [2.45, 2.75) is 39.2 Å². The Morgan fingerprint density at radius 2 is 2.16 bits per heavy atom. The lowest BCUT2D eigenvalue weighted by molar-refractivity contribution is -0.0279. The monoisotopic (exact) mass is 265 g/mol. The van der Waals surface area contributed by atoms with Crippen LogP contribution < -0.4 is 16.2 Å². The average Bonchev–Trinajstić information content (AvgIpc) is 2.36. The van der Waals surface area contributed by atoms with E-state index in [0.717, 1.165) is 24.5 Å². The summed E-state index contributed by atoms with van der Waals surface area (Å²) in [5, 5.41) is 0. The van der Waals surface area contributed by atoms with E-state index < -0.39 is 0 Å². The van der Waals surface area contributed by atoms with Crippen LogP contribution in [-0.2, 0) is 4.74 Å². The van der Waals surface area contributed by atoms with Crippen molar-refractivity contribution in [1.29, 1.82) is 0 Å². The quantitative estimate of drug-likeness (QED) is 0.637. The van der Waals surface area contributed by atoms with Crippen LogP contribution in [0.3, 0.4) is 0 Å². The van der Waals surface area contributed by atoms with Gasteiger partial charge in [0.15, 0.2) is 0 Å². The van der Waals surface area contributed by atoms with Crippen molar-refractivity contribution in [2.75, 3.05) is 30.0 Å². The number of rotatable bonds is 3. The zero-order valence-electron chi connectivity index (χ0n) is 12.1. The first kappa shape index (κ1) is 14.0. The van der Waals surface area contributed by atoms with E-state index in [-0.39, 0.29) is 5.60 Å². The van der Waals surface area contributed by atoms with Gasteiger partial charge < -0.3 is 15.1 Å². The first-order valence-corrected chi connectivity index (χ1v) is 6.65. The predicted octanol–water partition coefficient (Wildman–Crippen LogP) is 1.50. The summed E-state index contributed by atoms with van der Waals surface area (Å²) >= 11 is 0. The summed E-state index contributed by atoms with van der Waals surface area (Å²) in [5.41, 5.74) is 3.57. The molecule has 0 radical (unpaired) electrons. The zero-order chi connectivity index (χ0) is 14.0. The highest BCUT2D eigenvalue weighted by Gasteiger charge is 2.30. The lowest BCUT2D eigenvalue weighted by Gasteiger charge is -2.39. The van der Waals surface area contributed by atoms with Gasteiger partial charge in [-0.1, -0.05) is 13.8 Å². The highest BCUT2D eigenvalue weighted by atomic mass is 16.5. The van der Waals surface area contributed by atoms with E-state index in [1.54, 1.807) is 6.33 Å². The number of hydrogen-bond acceptors (Lipinski definition) is 6. The first-order chi connectivity index (χ1) is 8.94. The molecule has 3 N–H and O–H groups in total. The number of aromatic nitrogens is 2. The van der Waals surface area contributed by atoms with E-state index in [2.05, 4.69) is 48.0 Å². The summed E-state index contributed by atoms with van der Waals surface area (Å²) in [6.45, 7) is 10.8. The molecule has 1 aliphatic rings. The molecule has 1 aromatic rings. The fraction of sp³-hybridized carbons (Fsp3) is 0.692. The Hall–Kier alpha value is -1.40. The third kappa shape index (κ3) is 2.96. The normalized spacial score (nSPS) is 18.7. The van der Waals surface area contributed by atoms with Crippen LogP contribution in [0.25, 0.3) is 0 Å². The highest BCUT2D eigenvalue weighted by Crippen LogP contribution is 2.32. The van der Waals surface area contributed by atoms with E-state index in [1.807, 2.05) is 0 Å². The van der Waals surface area contributed by atoms with Crippen LogP contribution in [0, 0.1) is 0 Å². The van der Waals surface area contributed by atoms with Crippen molar-refractivity contribution >= 4 is 11.6 Å². The van der Waals surface area contributed by atoms with Gasteiger partial charge in [-0.05, 0) is 19.8 Å². The second-order valence-electron chi connectivity index (χ2n) is 5.79. The maximum atomic E-state index is 5.75. The third-order valence-electron chi connectivity index (χ3n) is 3.30. The number of morpholine rings is 1. The van der Waals surface area contributed by atoms with Crippen LogP contribution in [0.1, 0.15) is 39.2 Å². The molecule has 1 aliphatic heterocycles. The van der Waals surface area contributed by atoms with Crippen molar-refractivity contribution in [3.63, 3.8) is 0 Å². The Balaban J connectivity index is 2.38. The average molecular weight is 265 g/mol. The number of nitrogens with zero attached hydrogens (tertiary/aromatic N) is 3. The fourth-order valence-corrected chi connectivity index (χ4v) is 2.48. The maximum Gasteiger partial charge on any atom is 0.148 e. The molecule has 0 spiro atoms. The molecule has 0 unspecified atom stereocenters. The van der Waals surface area contributed by atoms with E-state index in [0.29, 0.717) is 18.3 Å². The Kier molecular flexibility index (Phi) is 3.91. The van der Waals surface area contributed by atoms with E-state index in [1.165, 1.54) is 0 Å². The number of nitrogen functional groups attached to an aromatic ring is 1. The summed E-state index contributed by atoms with van der Waals surface area (Å²) in [5.74, 6) is 7.51. The Morgan fingerprint density at radius 1 is 1.42 bits per heavy atom. The largest absolute Gasteiger partial charge is 0.372 e. The molecule has 0 saturated carbocycles. The summed E-state index contributed by atoms with van der Waals surface area (Å²) in [6.07, 6.45) is 1.55. The molecule has 2 rings (SSSR count). The van der Waals surface area contributed by atoms with Gasteiger partial charge >= 0.3 is 0 Å². The molecule has 6 heteroatoms. The van der Waals surface area contributed by atoms with Crippen molar-refractivity contribution in [3.05, 3.63) is 11.9 Å². The van der Waals surface area contributed by atoms with Crippen molar-refractivity contribution < 1.29 is 4.74 Å². The van der Waals surface area contributed by atoms with Crippen LogP contribution >= 0.6 is 0 Å². The number of nitrogens with one attached hydrogen (secondary N) is 1. The van der Waals surface area contributed by atoms with Gasteiger partial charge in [0.25, 0.3) is 0 Å². The van der Waals surface area contributed by atoms with Gasteiger partial charge in [-0.2, -0.15) is 0 Å². The van der Waals surface area contributed by atoms with Crippen molar-refractivity contribution in [3.8, 4) is 0 Å². The molecule has 106 valence electrons. The molecule has 0 aromatic carbocycles. The van der Waals surface area contributed by atoms with Gasteiger partial charge in [0.05, 0.1) is 12.2 Å². The Labute approximate surface area is 114 Å². The lowest BCUT2D eigenvalue weighted by Crippen LogP contribution is -2.49. The summed E-state index contributed by atoms with van der Waals surface area (Å²) in [6, 6.07) is 0. The SMILES string of the molecule is CC(C)c1c(NN)ncnc1N1CCOC(C)(C)C1. The topological polar surface area (TPSA) is 76.3 Å². The minimum Gasteiger partial charge on any atom is -0.372 e. The molecule has 1 aromatic heterocycles. The first-order valence-electron chi connectivity index (χ1n) is 6.65. The predicted molar refractivity (Wildman–Crippen MR) is 76.2 cm³/mol. The van der Waals surface area contributed by atoms with Gasteiger partial charge in [0, 0.05) is 18.7 Å². The molecular formula is C13H23N5O. The maximum absolute atomic E-state index is 5.75. The standard InChI is InChI=1S/C13H23N5O/c1-9(2)10-11(17-14)15-8-16-12(10)18-5-6-19-13(3,4)7-18/h8-9H,5-7,14H2,1-4H3,(H,15,16,17). The van der Waals surface area contributed by atoms with Crippen LogP contribution in [0.15, 0.2) is 6.33 Å². The highest BCUT2D eigenvalue weighted by molar-refractivity contribution is 5.60. The number of hydrazine groups is 1. The minimum absolute atomic E-state index is 0.159. The second-order valence-corrected chi connectivity index (χ2v) is 5.79. The molecule has 0 bridgehead atoms. The molecule has 0 amide bonds. The molecule has 1 saturated heterocycles. The molecule has 1 fully saturated rings. The number of anilines is 2. The van der Waals surface area contributed by atoms with Gasteiger partial charge in [-0.25, -0.2) is 15.8 Å². The number of nitrogens with two attached hydrogens (primary N) is 1. The molecule has 0 atom stereocenters. The molecule has 19 heavy (non-hydrogen) atoms. The second kappa shape index (κ2) is 5.30. The summed E-state index contributed by atoms with van der Waals surface area (Å²) < 4.78 is 5.75. The van der Waals surface area contributed by atoms with Crippen LogP contribution in [-0.4, -0.2) is 35.3 Å². The molecule has 0 aliphatic carbocycles. The summed E-state index contributed by atoms with van der Waals surface area (Å²) in [7, 11) is 0. The van der Waals surface area contributed by atoms with Crippen LogP contribution in [0.5, 0.6) is 0 Å². The van der Waals surface area contributed by atoms with E-state index in [4.69, 9.17) is 10.6 Å². The van der Waals surface area contributed by atoms with Gasteiger partial charge in [0.1, 0.15) is 18.0 Å². The van der Waals surface area contributed by atoms with Gasteiger partial charge in [0.2, 0.25) is 0 Å². The van der Waals surface area contributed by atoms with E-state index in [9.17, 15) is 0 Å². The Bertz CT molecular complexity index is 447. The summed E-state index contributed by atoms with van der Waals surface area (Å²) in [4.78, 5) is 10.9. The number of hydrogen-bond donors (Lipinski definition) is 2. The number of ether oxygens (including phenoxy) is 1. The molecule has 2 heterocycles. The minimum atomic E-state index is -0.159. The van der Waals surface area contributed by atoms with Gasteiger partial charge in [-0.3, -0.25) is 0 Å². The zero-order valence-corrected chi connectivity index (χ0v) is 12.1.